The first kappa shape index (κ1) is 55.4. The normalized spacial score (nSPS) is 25.4. The molecule has 6 saturated heterocycles. The zero-order chi connectivity index (χ0) is 35.4. The minimum Gasteiger partial charge on any atom is -1.00 e. The molecular weight excluding hydrogens is 823 g/mol. The first-order chi connectivity index (χ1) is 24.0. The number of quaternary nitrogens is 3. The van der Waals surface area contributed by atoms with E-state index in [4.69, 9.17) is 21.8 Å². The predicted molar refractivity (Wildman–Crippen MR) is 213 cm³/mol. The van der Waals surface area contributed by atoms with Gasteiger partial charge in [-0.05, 0) is 32.1 Å². The van der Waals surface area contributed by atoms with Crippen molar-refractivity contribution in [2.24, 2.45) is 0 Å². The molecule has 52 heavy (non-hydrogen) atoms. The van der Waals surface area contributed by atoms with Crippen molar-refractivity contribution in [3.05, 3.63) is 0 Å². The summed E-state index contributed by atoms with van der Waals surface area (Å²) in [6.45, 7) is 26.1. The zero-order valence-electron chi connectivity index (χ0n) is 34.5. The van der Waals surface area contributed by atoms with Crippen LogP contribution in [0.4, 0.5) is 0 Å². The van der Waals surface area contributed by atoms with Gasteiger partial charge in [-0.15, -0.1) is 11.6 Å². The van der Waals surface area contributed by atoms with Gasteiger partial charge in [0.05, 0.1) is 39.3 Å². The number of aliphatic hydroxyl groups excluding tert-OH is 2. The molecule has 6 rings (SSSR count). The summed E-state index contributed by atoms with van der Waals surface area (Å²) in [6.07, 6.45) is 30.8. The summed E-state index contributed by atoms with van der Waals surface area (Å²) in [5.41, 5.74) is 0. The Morgan fingerprint density at radius 2 is 0.673 bits per heavy atom. The van der Waals surface area contributed by atoms with Crippen LogP contribution in [-0.4, -0.2) is 146 Å². The van der Waals surface area contributed by atoms with Crippen molar-refractivity contribution < 1.29 is 70.0 Å². The molecule has 0 radical (unpaired) electrons. The number of piperazine rings is 6. The van der Waals surface area contributed by atoms with E-state index in [0.29, 0.717) is 18.9 Å². The molecule has 0 aromatic rings. The third-order valence-corrected chi connectivity index (χ3v) is 13.1. The number of fused-ring (bicyclic) bond motifs is 6. The van der Waals surface area contributed by atoms with E-state index in [9.17, 15) is 0 Å². The Morgan fingerprint density at radius 1 is 0.404 bits per heavy atom. The molecule has 10 heteroatoms. The van der Waals surface area contributed by atoms with Gasteiger partial charge < -0.3 is 70.0 Å². The molecule has 0 aliphatic carbocycles. The average molecular weight is 912 g/mol. The Balaban J connectivity index is 0. The third-order valence-electron chi connectivity index (χ3n) is 12.9. The van der Waals surface area contributed by atoms with Gasteiger partial charge in [-0.2, -0.15) is 0 Å². The molecular formula is C42H88Br2Cl2N4O2. The summed E-state index contributed by atoms with van der Waals surface area (Å²) in [5.74, 6) is 0.566. The van der Waals surface area contributed by atoms with Crippen LogP contribution in [0, 0.1) is 0 Å². The molecule has 6 aliphatic rings. The van der Waals surface area contributed by atoms with Crippen LogP contribution in [0.15, 0.2) is 0 Å². The zero-order valence-corrected chi connectivity index (χ0v) is 39.2. The molecule has 6 heterocycles. The van der Waals surface area contributed by atoms with Gasteiger partial charge in [0.15, 0.2) is 0 Å². The van der Waals surface area contributed by atoms with Gasteiger partial charge in [0.25, 0.3) is 0 Å². The maximum absolute atomic E-state index is 9.12. The lowest BCUT2D eigenvalue weighted by Gasteiger charge is -2.55. The monoisotopic (exact) mass is 908 g/mol. The van der Waals surface area contributed by atoms with Crippen LogP contribution in [0.3, 0.4) is 0 Å². The second-order valence-electron chi connectivity index (χ2n) is 16.8. The summed E-state index contributed by atoms with van der Waals surface area (Å²) in [5, 5.41) is 17.1. The van der Waals surface area contributed by atoms with Crippen LogP contribution in [0.25, 0.3) is 0 Å². The molecule has 0 saturated carbocycles. The van der Waals surface area contributed by atoms with Gasteiger partial charge in [-0.1, -0.05) is 117 Å². The summed E-state index contributed by atoms with van der Waals surface area (Å²) < 4.78 is 4.21. The molecule has 316 valence electrons. The Labute approximate surface area is 356 Å². The fraction of sp³-hybridized carbons (Fsp3) is 1.00. The molecule has 0 aromatic carbocycles. The number of alkyl halides is 1. The summed E-state index contributed by atoms with van der Waals surface area (Å²) in [4.78, 5) is 2.65. The molecule has 0 spiro atoms. The van der Waals surface area contributed by atoms with Crippen LogP contribution in [0.5, 0.6) is 0 Å². The number of hydrogen-bond donors (Lipinski definition) is 2. The van der Waals surface area contributed by atoms with Crippen molar-refractivity contribution in [2.75, 3.05) is 117 Å². The first-order valence-corrected chi connectivity index (χ1v) is 22.6. The highest BCUT2D eigenvalue weighted by atomic mass is 79.9. The van der Waals surface area contributed by atoms with Crippen molar-refractivity contribution in [3.8, 4) is 0 Å². The number of aliphatic hydroxyl groups is 2. The second kappa shape index (κ2) is 35.5. The van der Waals surface area contributed by atoms with Gasteiger partial charge in [-0.3, -0.25) is 4.90 Å². The molecule has 6 nitrogen and oxygen atoms in total. The number of halogens is 4. The number of rotatable bonds is 27. The summed E-state index contributed by atoms with van der Waals surface area (Å²) >= 11 is 5.14. The van der Waals surface area contributed by atoms with E-state index >= 15 is 0 Å². The van der Waals surface area contributed by atoms with Gasteiger partial charge in [0, 0.05) is 45.1 Å². The van der Waals surface area contributed by atoms with E-state index in [0.717, 1.165) is 6.42 Å². The van der Waals surface area contributed by atoms with Gasteiger partial charge in [-0.25, -0.2) is 0 Å². The quantitative estimate of drug-likeness (QED) is 0.0673. The molecule has 2 N–H and O–H groups in total. The van der Waals surface area contributed by atoms with Crippen molar-refractivity contribution >= 4 is 11.6 Å². The lowest BCUT2D eigenvalue weighted by Crippen LogP contribution is -3.00. The maximum Gasteiger partial charge on any atom is 0.129 e. The molecule has 0 aromatic heterocycles. The van der Waals surface area contributed by atoms with E-state index in [2.05, 4.69) is 18.7 Å². The summed E-state index contributed by atoms with van der Waals surface area (Å²) in [6, 6.07) is 0. The van der Waals surface area contributed by atoms with E-state index in [1.165, 1.54) is 240 Å². The SMILES string of the molecule is CCCCCCCCCCCC[N+]12CCN(CC1)CC2.CCCCCCCCCCCC[N+]12CC[N+](CCCO)(CC1)CC2.OCCCCl.[Br-].[Br-].[Cl-]. The molecule has 4 bridgehead atoms. The van der Waals surface area contributed by atoms with E-state index in [1.54, 1.807) is 0 Å². The molecule has 0 amide bonds. The molecule has 0 atom stereocenters. The maximum atomic E-state index is 9.12. The highest BCUT2D eigenvalue weighted by molar-refractivity contribution is 6.17. The number of unbranched alkanes of at least 4 members (excludes halogenated alkanes) is 18. The lowest BCUT2D eigenvalue weighted by atomic mass is 10.0. The van der Waals surface area contributed by atoms with Crippen molar-refractivity contribution in [1.29, 1.82) is 0 Å². The third kappa shape index (κ3) is 24.2. The Morgan fingerprint density at radius 3 is 0.942 bits per heavy atom. The van der Waals surface area contributed by atoms with E-state index in [-0.39, 0.29) is 53.0 Å². The number of hydrogen-bond acceptors (Lipinski definition) is 3. The van der Waals surface area contributed by atoms with Crippen molar-refractivity contribution in [1.82, 2.24) is 4.90 Å². The van der Waals surface area contributed by atoms with Gasteiger partial charge in [0.1, 0.15) is 39.3 Å². The lowest BCUT2D eigenvalue weighted by molar-refractivity contribution is -1.08. The van der Waals surface area contributed by atoms with E-state index in [1.807, 2.05) is 0 Å². The van der Waals surface area contributed by atoms with Crippen molar-refractivity contribution in [2.45, 2.75) is 155 Å². The predicted octanol–water partition coefficient (Wildman–Crippen LogP) is -0.377. The van der Waals surface area contributed by atoms with Crippen LogP contribution < -0.4 is 46.4 Å². The van der Waals surface area contributed by atoms with Gasteiger partial charge >= 0.3 is 0 Å². The first-order valence-electron chi connectivity index (χ1n) is 22.1. The number of nitrogens with zero attached hydrogens (tertiary/aromatic N) is 4. The molecule has 6 aliphatic heterocycles. The standard InChI is InChI=1S/C21H44N2O.C18H37N2.C3H7ClO.2BrH.ClH/c1-2-3-4-5-6-7-8-9-10-11-13-22-15-18-23(19-16-22,20-17-22)14-12-21-24;1-2-3-4-5-6-7-8-9-10-11-15-20-16-12-19(13-17-20)14-18-20;4-2-1-3-5;;;/h24H,2-21H2,1H3;2-18H2,1H3;5H,1-3H2;3*1H/q+2;+1;;;;/p-3. The molecule has 0 unspecified atom stereocenters. The Kier molecular flexibility index (Phi) is 37.8. The van der Waals surface area contributed by atoms with Crippen LogP contribution in [-0.2, 0) is 0 Å². The van der Waals surface area contributed by atoms with Gasteiger partial charge in [0.2, 0.25) is 0 Å². The largest absolute Gasteiger partial charge is 1.00 e. The minimum atomic E-state index is 0. The Hall–Kier alpha value is 1.30. The smallest absolute Gasteiger partial charge is 0.129 e. The van der Waals surface area contributed by atoms with Crippen molar-refractivity contribution in [3.63, 3.8) is 0 Å². The topological polar surface area (TPSA) is 43.7 Å². The fourth-order valence-corrected chi connectivity index (χ4v) is 9.14. The highest BCUT2D eigenvalue weighted by Gasteiger charge is 2.48. The highest BCUT2D eigenvalue weighted by Crippen LogP contribution is 2.28. The molecule has 6 fully saturated rings. The fourth-order valence-electron chi connectivity index (χ4n) is 9.02. The van der Waals surface area contributed by atoms with Crippen LogP contribution in [0.1, 0.15) is 155 Å². The minimum absolute atomic E-state index is 0. The Bertz CT molecular complexity index is 725. The summed E-state index contributed by atoms with van der Waals surface area (Å²) in [7, 11) is 0. The average Bonchev–Trinajstić information content (AvgIpc) is 3.15. The second-order valence-corrected chi connectivity index (χ2v) is 17.1. The van der Waals surface area contributed by atoms with Crippen LogP contribution in [0.2, 0.25) is 0 Å². The van der Waals surface area contributed by atoms with Crippen LogP contribution >= 0.6 is 11.6 Å². The van der Waals surface area contributed by atoms with E-state index < -0.39 is 0 Å².